The molecule has 7 heteroatoms. The van der Waals surface area contributed by atoms with Crippen LogP contribution < -0.4 is 26.5 Å². The zero-order valence-corrected chi connectivity index (χ0v) is 20.2. The van der Waals surface area contributed by atoms with Crippen LogP contribution in [0.5, 0.6) is 5.75 Å². The first-order valence-electron chi connectivity index (χ1n) is 9.40. The smallest absolute Gasteiger partial charge is 0.215 e. The first-order chi connectivity index (χ1) is 14.7. The van der Waals surface area contributed by atoms with Crippen molar-refractivity contribution in [2.24, 2.45) is 10.2 Å². The van der Waals surface area contributed by atoms with Crippen LogP contribution in [0.4, 0.5) is 0 Å². The van der Waals surface area contributed by atoms with Crippen molar-refractivity contribution >= 4 is 28.6 Å². The van der Waals surface area contributed by atoms with Crippen LogP contribution in [-0.2, 0) is 0 Å². The van der Waals surface area contributed by atoms with E-state index in [1.54, 1.807) is 18.4 Å². The van der Waals surface area contributed by atoms with Crippen LogP contribution in [0, 0.1) is 0 Å². The van der Waals surface area contributed by atoms with E-state index in [-0.39, 0.29) is 17.0 Å². The predicted molar refractivity (Wildman–Crippen MR) is 125 cm³/mol. The summed E-state index contributed by atoms with van der Waals surface area (Å²) in [5, 5.41) is 11.9. The molecule has 0 spiro atoms. The topological polar surface area (TPSA) is 38.9 Å². The second-order valence-corrected chi connectivity index (χ2v) is 7.87. The van der Waals surface area contributed by atoms with Crippen LogP contribution in [0.3, 0.4) is 0 Å². The van der Waals surface area contributed by atoms with E-state index < -0.39 is 0 Å². The van der Waals surface area contributed by atoms with Gasteiger partial charge in [-0.25, -0.2) is 0 Å². The number of para-hydroxylation sites is 1. The number of thiazole rings is 1. The van der Waals surface area contributed by atoms with Crippen LogP contribution >= 0.6 is 22.9 Å². The van der Waals surface area contributed by atoms with Crippen molar-refractivity contribution < 1.29 is 21.7 Å². The monoisotopic (exact) mass is 512 g/mol. The summed E-state index contributed by atoms with van der Waals surface area (Å²) in [7, 11) is 1.67. The molecule has 1 heterocycles. The lowest BCUT2D eigenvalue weighted by atomic mass is 10.1. The Morgan fingerprint density at radius 2 is 1.61 bits per heavy atom. The molecule has 4 rings (SSSR count). The van der Waals surface area contributed by atoms with Crippen molar-refractivity contribution in [3.63, 3.8) is 0 Å². The molecule has 0 saturated heterocycles. The molecule has 1 aromatic heterocycles. The molecule has 0 aliphatic carbocycles. The van der Waals surface area contributed by atoms with E-state index in [0.29, 0.717) is 5.02 Å². The van der Waals surface area contributed by atoms with E-state index in [1.807, 2.05) is 73.7 Å². The number of rotatable bonds is 5. The average Bonchev–Trinajstić information content (AvgIpc) is 3.22. The number of methoxy groups -OCH3 is 1. The van der Waals surface area contributed by atoms with Gasteiger partial charge in [-0.05, 0) is 66.6 Å². The maximum atomic E-state index is 5.99. The van der Waals surface area contributed by atoms with Gasteiger partial charge in [-0.15, -0.1) is 16.4 Å². The van der Waals surface area contributed by atoms with Crippen LogP contribution in [-0.4, -0.2) is 17.4 Å². The minimum absolute atomic E-state index is 0. The van der Waals surface area contributed by atoms with Gasteiger partial charge < -0.3 is 21.7 Å². The zero-order valence-electron chi connectivity index (χ0n) is 17.0. The number of ether oxygens (including phenoxy) is 1. The Balaban J connectivity index is 0.00000272. The van der Waals surface area contributed by atoms with E-state index in [4.69, 9.17) is 16.3 Å². The molecule has 31 heavy (non-hydrogen) atoms. The summed E-state index contributed by atoms with van der Waals surface area (Å²) in [5.41, 5.74) is 4.97. The summed E-state index contributed by atoms with van der Waals surface area (Å²) in [6.45, 7) is 1.94. The highest BCUT2D eigenvalue weighted by atomic mass is 79.9. The van der Waals surface area contributed by atoms with E-state index in [2.05, 4.69) is 32.3 Å². The van der Waals surface area contributed by atoms with E-state index in [9.17, 15) is 0 Å². The quantitative estimate of drug-likeness (QED) is 0.298. The van der Waals surface area contributed by atoms with E-state index in [0.717, 1.165) is 38.8 Å². The Morgan fingerprint density at radius 3 is 2.26 bits per heavy atom. The van der Waals surface area contributed by atoms with E-state index in [1.165, 1.54) is 0 Å². The second-order valence-electron chi connectivity index (χ2n) is 6.60. The highest BCUT2D eigenvalue weighted by Gasteiger charge is 2.10. The fourth-order valence-electron chi connectivity index (χ4n) is 3.04. The summed E-state index contributed by atoms with van der Waals surface area (Å²) in [6, 6.07) is 25.8. The van der Waals surface area contributed by atoms with Crippen LogP contribution in [0.25, 0.3) is 16.9 Å². The number of benzene rings is 3. The first kappa shape index (κ1) is 23.0. The van der Waals surface area contributed by atoms with Gasteiger partial charge in [0.05, 0.1) is 18.5 Å². The molecule has 0 radical (unpaired) electrons. The zero-order chi connectivity index (χ0) is 20.9. The molecule has 0 bridgehead atoms. The molecule has 4 nitrogen and oxygen atoms in total. The van der Waals surface area contributed by atoms with Gasteiger partial charge in [-0.1, -0.05) is 41.9 Å². The lowest BCUT2D eigenvalue weighted by Gasteiger charge is -2.09. The third kappa shape index (κ3) is 5.34. The van der Waals surface area contributed by atoms with Gasteiger partial charge in [0.2, 0.25) is 4.80 Å². The molecule has 0 aliphatic rings. The lowest BCUT2D eigenvalue weighted by Crippen LogP contribution is -3.00. The summed E-state index contributed by atoms with van der Waals surface area (Å²) < 4.78 is 7.41. The molecule has 0 aliphatic heterocycles. The molecule has 4 aromatic rings. The van der Waals surface area contributed by atoms with Crippen LogP contribution in [0.2, 0.25) is 5.02 Å². The SMILES string of the molecule is COc1ccc(-c2cs/c(=N/N=C(/C)c3ccc(Cl)cc3)n2-c2ccccc2)cc1.[Br-]. The summed E-state index contributed by atoms with van der Waals surface area (Å²) in [5.74, 6) is 0.827. The van der Waals surface area contributed by atoms with Gasteiger partial charge in [0.25, 0.3) is 0 Å². The van der Waals surface area contributed by atoms with Gasteiger partial charge in [0.15, 0.2) is 0 Å². The molecule has 0 unspecified atom stereocenters. The Bertz CT molecular complexity index is 1230. The molecule has 3 aromatic carbocycles. The minimum Gasteiger partial charge on any atom is -1.00 e. The molecule has 0 fully saturated rings. The summed E-state index contributed by atoms with van der Waals surface area (Å²) in [4.78, 5) is 0.792. The van der Waals surface area contributed by atoms with Crippen molar-refractivity contribution in [1.82, 2.24) is 4.57 Å². The van der Waals surface area contributed by atoms with Crippen molar-refractivity contribution in [3.05, 3.63) is 99.6 Å². The molecule has 0 N–H and O–H groups in total. The number of nitrogens with zero attached hydrogens (tertiary/aromatic N) is 3. The van der Waals surface area contributed by atoms with Gasteiger partial charge in [0.1, 0.15) is 5.75 Å². The Kier molecular flexibility index (Phi) is 7.85. The highest BCUT2D eigenvalue weighted by Crippen LogP contribution is 2.25. The van der Waals surface area contributed by atoms with Gasteiger partial charge in [-0.3, -0.25) is 4.57 Å². The maximum absolute atomic E-state index is 5.99. The Labute approximate surface area is 200 Å². The third-order valence-corrected chi connectivity index (χ3v) is 5.72. The summed E-state index contributed by atoms with van der Waals surface area (Å²) >= 11 is 7.54. The maximum Gasteiger partial charge on any atom is 0.215 e. The number of aromatic nitrogens is 1. The van der Waals surface area contributed by atoms with Crippen molar-refractivity contribution in [2.75, 3.05) is 7.11 Å². The minimum atomic E-state index is 0. The molecule has 0 amide bonds. The largest absolute Gasteiger partial charge is 1.00 e. The van der Waals surface area contributed by atoms with Gasteiger partial charge in [-0.2, -0.15) is 5.10 Å². The predicted octanol–water partition coefficient (Wildman–Crippen LogP) is 3.20. The number of hydrogen-bond donors (Lipinski definition) is 0. The van der Waals surface area contributed by atoms with Crippen LogP contribution in [0.15, 0.2) is 94.4 Å². The van der Waals surface area contributed by atoms with Gasteiger partial charge in [0, 0.05) is 16.1 Å². The number of halogens is 2. The second kappa shape index (κ2) is 10.6. The third-order valence-electron chi connectivity index (χ3n) is 4.66. The number of hydrogen-bond acceptors (Lipinski definition) is 4. The lowest BCUT2D eigenvalue weighted by molar-refractivity contribution is -0.00000622. The summed E-state index contributed by atoms with van der Waals surface area (Å²) in [6.07, 6.45) is 0. The van der Waals surface area contributed by atoms with Crippen molar-refractivity contribution in [2.45, 2.75) is 6.92 Å². The molecule has 0 atom stereocenters. The fraction of sp³-hybridized carbons (Fsp3) is 0.0833. The van der Waals surface area contributed by atoms with Crippen molar-refractivity contribution in [1.29, 1.82) is 0 Å². The highest BCUT2D eigenvalue weighted by molar-refractivity contribution is 7.07. The van der Waals surface area contributed by atoms with Crippen LogP contribution in [0.1, 0.15) is 12.5 Å². The molecule has 0 saturated carbocycles. The average molecular weight is 514 g/mol. The fourth-order valence-corrected chi connectivity index (χ4v) is 4.02. The van der Waals surface area contributed by atoms with Crippen molar-refractivity contribution in [3.8, 4) is 22.7 Å². The molecule has 158 valence electrons. The Morgan fingerprint density at radius 1 is 0.935 bits per heavy atom. The van der Waals surface area contributed by atoms with Gasteiger partial charge >= 0.3 is 0 Å². The normalized spacial score (nSPS) is 11.8. The Hall–Kier alpha value is -2.67. The molecular weight excluding hydrogens is 494 g/mol. The molecular formula is C24H20BrClN3OS-. The standard InChI is InChI=1S/C24H20ClN3OS.BrH/c1-17(18-8-12-20(25)13-9-18)26-27-24-28(21-6-4-3-5-7-21)23(16-30-24)19-10-14-22(29-2)15-11-19;/h3-16H,1-2H3;1H/p-1/b26-17-,27-24+;. The first-order valence-corrected chi connectivity index (χ1v) is 10.7. The van der Waals surface area contributed by atoms with E-state index >= 15 is 0 Å².